The number of nitrogens with one attached hydrogen (secondary N) is 1. The summed E-state index contributed by atoms with van der Waals surface area (Å²) in [7, 11) is 1.69. The third-order valence-corrected chi connectivity index (χ3v) is 2.77. The smallest absolute Gasteiger partial charge is 0.115 e. The number of phenolic OH excluding ortho intramolecular Hbond substituents is 1. The van der Waals surface area contributed by atoms with E-state index in [0.717, 1.165) is 24.3 Å². The van der Waals surface area contributed by atoms with Gasteiger partial charge in [-0.2, -0.15) is 5.10 Å². The van der Waals surface area contributed by atoms with Crippen molar-refractivity contribution in [3.8, 4) is 5.75 Å². The molecule has 2 N–H and O–H groups in total. The number of benzene rings is 1. The molecule has 0 unspecified atom stereocenters. The molecule has 1 aromatic carbocycles. The molecule has 0 aliphatic carbocycles. The van der Waals surface area contributed by atoms with E-state index in [1.807, 2.05) is 29.1 Å². The van der Waals surface area contributed by atoms with Gasteiger partial charge in [0.1, 0.15) is 5.75 Å². The second kappa shape index (κ2) is 6.92. The SMILES string of the molecule is COCCNCc1ccn(Cc2ccc(O)cc2)n1. The molecule has 0 spiro atoms. The molecule has 2 aromatic rings. The summed E-state index contributed by atoms with van der Waals surface area (Å²) in [6, 6.07) is 9.17. The van der Waals surface area contributed by atoms with Gasteiger partial charge in [-0.3, -0.25) is 4.68 Å². The minimum Gasteiger partial charge on any atom is -0.508 e. The number of nitrogens with zero attached hydrogens (tertiary/aromatic N) is 2. The Morgan fingerprint density at radius 3 is 2.79 bits per heavy atom. The van der Waals surface area contributed by atoms with E-state index in [9.17, 15) is 5.11 Å². The van der Waals surface area contributed by atoms with Gasteiger partial charge in [-0.25, -0.2) is 0 Å². The van der Waals surface area contributed by atoms with Gasteiger partial charge in [0.05, 0.1) is 18.8 Å². The van der Waals surface area contributed by atoms with Gasteiger partial charge in [0.25, 0.3) is 0 Å². The average Bonchev–Trinajstić information content (AvgIpc) is 2.85. The van der Waals surface area contributed by atoms with Crippen LogP contribution in [0.2, 0.25) is 0 Å². The van der Waals surface area contributed by atoms with E-state index >= 15 is 0 Å². The number of aromatic nitrogens is 2. The van der Waals surface area contributed by atoms with Gasteiger partial charge < -0.3 is 15.2 Å². The van der Waals surface area contributed by atoms with Crippen molar-refractivity contribution in [3.05, 3.63) is 47.8 Å². The van der Waals surface area contributed by atoms with Crippen molar-refractivity contribution in [2.24, 2.45) is 0 Å². The zero-order chi connectivity index (χ0) is 13.5. The lowest BCUT2D eigenvalue weighted by atomic mass is 10.2. The average molecular weight is 261 g/mol. The van der Waals surface area contributed by atoms with Gasteiger partial charge in [-0.15, -0.1) is 0 Å². The fraction of sp³-hybridized carbons (Fsp3) is 0.357. The minimum atomic E-state index is 0.284. The quantitative estimate of drug-likeness (QED) is 0.739. The number of hydrogen-bond donors (Lipinski definition) is 2. The predicted molar refractivity (Wildman–Crippen MR) is 73.0 cm³/mol. The largest absolute Gasteiger partial charge is 0.508 e. The summed E-state index contributed by atoms with van der Waals surface area (Å²) in [5.41, 5.74) is 2.12. The summed E-state index contributed by atoms with van der Waals surface area (Å²) in [5, 5.41) is 17.0. The van der Waals surface area contributed by atoms with Gasteiger partial charge in [0.2, 0.25) is 0 Å². The standard InChI is InChI=1S/C14H19N3O2/c1-19-9-7-15-10-13-6-8-17(16-13)11-12-2-4-14(18)5-3-12/h2-6,8,15,18H,7,9-11H2,1H3. The lowest BCUT2D eigenvalue weighted by molar-refractivity contribution is 0.199. The van der Waals surface area contributed by atoms with Gasteiger partial charge in [-0.05, 0) is 23.8 Å². The normalized spacial score (nSPS) is 10.8. The summed E-state index contributed by atoms with van der Waals surface area (Å²) >= 11 is 0. The zero-order valence-electron chi connectivity index (χ0n) is 11.0. The maximum absolute atomic E-state index is 9.23. The molecule has 5 nitrogen and oxygen atoms in total. The van der Waals surface area contributed by atoms with E-state index < -0.39 is 0 Å². The molecule has 0 radical (unpaired) electrons. The van der Waals surface area contributed by atoms with Crippen molar-refractivity contribution < 1.29 is 9.84 Å². The number of aromatic hydroxyl groups is 1. The van der Waals surface area contributed by atoms with E-state index in [0.29, 0.717) is 13.2 Å². The van der Waals surface area contributed by atoms with Crippen molar-refractivity contribution in [2.75, 3.05) is 20.3 Å². The molecule has 1 heterocycles. The summed E-state index contributed by atoms with van der Waals surface area (Å²) in [6.07, 6.45) is 1.96. The van der Waals surface area contributed by atoms with Crippen molar-refractivity contribution in [3.63, 3.8) is 0 Å². The van der Waals surface area contributed by atoms with Gasteiger partial charge in [0.15, 0.2) is 0 Å². The topological polar surface area (TPSA) is 59.3 Å². The summed E-state index contributed by atoms with van der Waals surface area (Å²) in [4.78, 5) is 0. The molecule has 0 amide bonds. The van der Waals surface area contributed by atoms with Crippen LogP contribution in [0.1, 0.15) is 11.3 Å². The second-order valence-electron chi connectivity index (χ2n) is 4.34. The molecule has 0 fully saturated rings. The monoisotopic (exact) mass is 261 g/mol. The van der Waals surface area contributed by atoms with Gasteiger partial charge in [0, 0.05) is 26.4 Å². The second-order valence-corrected chi connectivity index (χ2v) is 4.34. The van der Waals surface area contributed by atoms with E-state index in [4.69, 9.17) is 4.74 Å². The fourth-order valence-corrected chi connectivity index (χ4v) is 1.77. The van der Waals surface area contributed by atoms with Crippen molar-refractivity contribution in [2.45, 2.75) is 13.1 Å². The van der Waals surface area contributed by atoms with E-state index in [-0.39, 0.29) is 5.75 Å². The Morgan fingerprint density at radius 1 is 1.26 bits per heavy atom. The number of phenols is 1. The maximum Gasteiger partial charge on any atom is 0.115 e. The first-order valence-corrected chi connectivity index (χ1v) is 6.28. The van der Waals surface area contributed by atoms with Crippen LogP contribution in [-0.2, 0) is 17.8 Å². The minimum absolute atomic E-state index is 0.284. The number of ether oxygens (including phenoxy) is 1. The molecule has 0 saturated carbocycles. The van der Waals surface area contributed by atoms with Crippen LogP contribution in [0, 0.1) is 0 Å². The summed E-state index contributed by atoms with van der Waals surface area (Å²) < 4.78 is 6.85. The lowest BCUT2D eigenvalue weighted by Crippen LogP contribution is -2.19. The van der Waals surface area contributed by atoms with Crippen molar-refractivity contribution >= 4 is 0 Å². The Bertz CT molecular complexity index is 494. The van der Waals surface area contributed by atoms with E-state index in [1.165, 1.54) is 0 Å². The predicted octanol–water partition coefficient (Wildman–Crippen LogP) is 1.37. The number of hydrogen-bond acceptors (Lipinski definition) is 4. The number of methoxy groups -OCH3 is 1. The molecular weight excluding hydrogens is 242 g/mol. The first-order valence-electron chi connectivity index (χ1n) is 6.28. The Hall–Kier alpha value is -1.85. The van der Waals surface area contributed by atoms with E-state index in [2.05, 4.69) is 10.4 Å². The van der Waals surface area contributed by atoms with Crippen molar-refractivity contribution in [1.82, 2.24) is 15.1 Å². The van der Waals surface area contributed by atoms with Crippen LogP contribution < -0.4 is 5.32 Å². The molecule has 19 heavy (non-hydrogen) atoms. The van der Waals surface area contributed by atoms with Crippen LogP contribution in [0.25, 0.3) is 0 Å². The first-order chi connectivity index (χ1) is 9.28. The lowest BCUT2D eigenvalue weighted by Gasteiger charge is -2.03. The van der Waals surface area contributed by atoms with Crippen LogP contribution in [0.4, 0.5) is 0 Å². The summed E-state index contributed by atoms with van der Waals surface area (Å²) in [6.45, 7) is 2.97. The third kappa shape index (κ3) is 4.39. The zero-order valence-corrected chi connectivity index (χ0v) is 11.0. The highest BCUT2D eigenvalue weighted by molar-refractivity contribution is 5.25. The highest BCUT2D eigenvalue weighted by Gasteiger charge is 2.00. The molecular formula is C14H19N3O2. The van der Waals surface area contributed by atoms with Crippen LogP contribution in [-0.4, -0.2) is 35.1 Å². The molecule has 0 bridgehead atoms. The van der Waals surface area contributed by atoms with Crippen LogP contribution in [0.15, 0.2) is 36.5 Å². The molecule has 102 valence electrons. The molecule has 0 atom stereocenters. The number of rotatable bonds is 7. The highest BCUT2D eigenvalue weighted by Crippen LogP contribution is 2.10. The van der Waals surface area contributed by atoms with Crippen LogP contribution in [0.3, 0.4) is 0 Å². The molecule has 0 aliphatic rings. The Morgan fingerprint density at radius 2 is 2.05 bits per heavy atom. The molecule has 2 rings (SSSR count). The third-order valence-electron chi connectivity index (χ3n) is 2.77. The summed E-state index contributed by atoms with van der Waals surface area (Å²) in [5.74, 6) is 0.284. The Labute approximate surface area is 112 Å². The maximum atomic E-state index is 9.23. The van der Waals surface area contributed by atoms with Crippen LogP contribution in [0.5, 0.6) is 5.75 Å². The Kier molecular flexibility index (Phi) is 4.94. The molecule has 0 aliphatic heterocycles. The van der Waals surface area contributed by atoms with Crippen molar-refractivity contribution in [1.29, 1.82) is 0 Å². The van der Waals surface area contributed by atoms with Gasteiger partial charge >= 0.3 is 0 Å². The highest BCUT2D eigenvalue weighted by atomic mass is 16.5. The van der Waals surface area contributed by atoms with E-state index in [1.54, 1.807) is 19.2 Å². The molecule has 1 aromatic heterocycles. The molecule has 5 heteroatoms. The first kappa shape index (κ1) is 13.6. The van der Waals surface area contributed by atoms with Crippen LogP contribution >= 0.6 is 0 Å². The Balaban J connectivity index is 1.85. The van der Waals surface area contributed by atoms with Gasteiger partial charge in [-0.1, -0.05) is 12.1 Å². The fourth-order valence-electron chi connectivity index (χ4n) is 1.77. The molecule has 0 saturated heterocycles.